The van der Waals surface area contributed by atoms with E-state index in [2.05, 4.69) is 5.32 Å². The van der Waals surface area contributed by atoms with Gasteiger partial charge in [-0.05, 0) is 24.3 Å². The van der Waals surface area contributed by atoms with E-state index in [1.807, 2.05) is 0 Å². The molecule has 0 heterocycles. The second-order valence-corrected chi connectivity index (χ2v) is 7.73. The van der Waals surface area contributed by atoms with E-state index >= 15 is 0 Å². The van der Waals surface area contributed by atoms with Crippen LogP contribution in [0.2, 0.25) is 5.02 Å². The largest absolute Gasteiger partial charge is 0.495 e. The van der Waals surface area contributed by atoms with Crippen molar-refractivity contribution in [2.45, 2.75) is 4.90 Å². The van der Waals surface area contributed by atoms with Crippen molar-refractivity contribution in [1.82, 2.24) is 4.31 Å². The number of benzene rings is 2. The summed E-state index contributed by atoms with van der Waals surface area (Å²) in [5.41, 5.74) is 0.712. The second kappa shape index (κ2) is 7.26. The Balaban J connectivity index is 2.44. The Kier molecular flexibility index (Phi) is 5.51. The molecule has 0 saturated carbocycles. The first-order chi connectivity index (χ1) is 11.7. The molecule has 0 aromatic heterocycles. The molecule has 134 valence electrons. The lowest BCUT2D eigenvalue weighted by atomic mass is 10.2. The Bertz CT molecular complexity index is 915. The molecule has 0 aliphatic carbocycles. The summed E-state index contributed by atoms with van der Waals surface area (Å²) in [6.45, 7) is 0. The number of nitrogens with zero attached hydrogens (tertiary/aromatic N) is 2. The number of non-ortho nitro benzene ring substituents is 1. The third kappa shape index (κ3) is 4.01. The summed E-state index contributed by atoms with van der Waals surface area (Å²) in [5, 5.41) is 13.8. The molecule has 0 spiro atoms. The van der Waals surface area contributed by atoms with Crippen LogP contribution in [0, 0.1) is 10.1 Å². The van der Waals surface area contributed by atoms with Crippen LogP contribution in [0.4, 0.5) is 17.1 Å². The first-order valence-electron chi connectivity index (χ1n) is 6.98. The molecular weight excluding hydrogens is 370 g/mol. The smallest absolute Gasteiger partial charge is 0.271 e. The van der Waals surface area contributed by atoms with Gasteiger partial charge in [-0.1, -0.05) is 11.6 Å². The molecule has 1 N–H and O–H groups in total. The molecular formula is C15H16ClN3O5S. The zero-order valence-electron chi connectivity index (χ0n) is 13.7. The van der Waals surface area contributed by atoms with Crippen LogP contribution in [0.1, 0.15) is 0 Å². The second-order valence-electron chi connectivity index (χ2n) is 5.20. The number of rotatable bonds is 6. The number of ether oxygens (including phenoxy) is 1. The summed E-state index contributed by atoms with van der Waals surface area (Å²) in [4.78, 5) is 10.2. The number of methoxy groups -OCH3 is 1. The Morgan fingerprint density at radius 2 is 1.88 bits per heavy atom. The van der Waals surface area contributed by atoms with Crippen molar-refractivity contribution in [3.63, 3.8) is 0 Å². The van der Waals surface area contributed by atoms with E-state index in [4.69, 9.17) is 16.3 Å². The van der Waals surface area contributed by atoms with Crippen molar-refractivity contribution in [2.75, 3.05) is 26.5 Å². The Labute approximate surface area is 150 Å². The van der Waals surface area contributed by atoms with Crippen molar-refractivity contribution in [1.29, 1.82) is 0 Å². The van der Waals surface area contributed by atoms with Gasteiger partial charge in [-0.2, -0.15) is 0 Å². The van der Waals surface area contributed by atoms with E-state index in [0.717, 1.165) is 4.31 Å². The quantitative estimate of drug-likeness (QED) is 0.605. The van der Waals surface area contributed by atoms with Crippen molar-refractivity contribution in [3.8, 4) is 5.75 Å². The summed E-state index contributed by atoms with van der Waals surface area (Å²) < 4.78 is 31.0. The van der Waals surface area contributed by atoms with Gasteiger partial charge in [0.15, 0.2) is 0 Å². The number of sulfonamides is 1. The SMILES string of the molecule is COc1ccc(Nc2ccc([N+](=O)[O-])cc2Cl)cc1S(=O)(=O)N(C)C. The minimum absolute atomic E-state index is 0.0111. The molecule has 2 aromatic carbocycles. The summed E-state index contributed by atoms with van der Waals surface area (Å²) in [5.74, 6) is 0.203. The summed E-state index contributed by atoms with van der Waals surface area (Å²) >= 11 is 6.04. The summed E-state index contributed by atoms with van der Waals surface area (Å²) in [6.07, 6.45) is 0. The molecule has 10 heteroatoms. The number of nitrogens with one attached hydrogen (secondary N) is 1. The first kappa shape index (κ1) is 19.0. The molecule has 2 rings (SSSR count). The highest BCUT2D eigenvalue weighted by molar-refractivity contribution is 7.89. The molecule has 0 fully saturated rings. The monoisotopic (exact) mass is 385 g/mol. The fraction of sp³-hybridized carbons (Fsp3) is 0.200. The molecule has 0 saturated heterocycles. The number of halogens is 1. The van der Waals surface area contributed by atoms with Crippen LogP contribution in [-0.4, -0.2) is 38.9 Å². The highest BCUT2D eigenvalue weighted by atomic mass is 35.5. The van der Waals surface area contributed by atoms with Crippen LogP contribution >= 0.6 is 11.6 Å². The van der Waals surface area contributed by atoms with Crippen LogP contribution in [-0.2, 0) is 10.0 Å². The predicted octanol–water partition coefficient (Wildman–Crippen LogP) is 3.25. The molecule has 2 aromatic rings. The van der Waals surface area contributed by atoms with E-state index in [1.165, 1.54) is 51.5 Å². The summed E-state index contributed by atoms with van der Waals surface area (Å²) in [6, 6.07) is 8.50. The highest BCUT2D eigenvalue weighted by Gasteiger charge is 2.23. The third-order valence-corrected chi connectivity index (χ3v) is 5.51. The molecule has 0 aliphatic heterocycles. The van der Waals surface area contributed by atoms with Crippen LogP contribution < -0.4 is 10.1 Å². The topological polar surface area (TPSA) is 102 Å². The maximum Gasteiger partial charge on any atom is 0.271 e. The van der Waals surface area contributed by atoms with Gasteiger partial charge in [0, 0.05) is 31.9 Å². The lowest BCUT2D eigenvalue weighted by molar-refractivity contribution is -0.384. The number of hydrogen-bond acceptors (Lipinski definition) is 6. The lowest BCUT2D eigenvalue weighted by Gasteiger charge is -2.16. The van der Waals surface area contributed by atoms with Crippen molar-refractivity contribution < 1.29 is 18.1 Å². The number of hydrogen-bond donors (Lipinski definition) is 1. The fourth-order valence-corrected chi connectivity index (χ4v) is 3.32. The van der Waals surface area contributed by atoms with E-state index in [-0.39, 0.29) is 21.4 Å². The van der Waals surface area contributed by atoms with E-state index in [1.54, 1.807) is 6.07 Å². The van der Waals surface area contributed by atoms with Gasteiger partial charge in [-0.3, -0.25) is 10.1 Å². The van der Waals surface area contributed by atoms with Crippen LogP contribution in [0.15, 0.2) is 41.3 Å². The number of nitro benzene ring substituents is 1. The van der Waals surface area contributed by atoms with Gasteiger partial charge in [-0.25, -0.2) is 12.7 Å². The van der Waals surface area contributed by atoms with Crippen LogP contribution in [0.25, 0.3) is 0 Å². The molecule has 0 atom stereocenters. The van der Waals surface area contributed by atoms with Crippen LogP contribution in [0.5, 0.6) is 5.75 Å². The van der Waals surface area contributed by atoms with Gasteiger partial charge in [0.05, 0.1) is 22.7 Å². The maximum absolute atomic E-state index is 12.4. The average molecular weight is 386 g/mol. The van der Waals surface area contributed by atoms with E-state index in [9.17, 15) is 18.5 Å². The van der Waals surface area contributed by atoms with Gasteiger partial charge >= 0.3 is 0 Å². The minimum Gasteiger partial charge on any atom is -0.495 e. The molecule has 0 bridgehead atoms. The standard InChI is InChI=1S/C15H16ClN3O5S/c1-18(2)25(22,23)15-8-10(4-7-14(15)24-3)17-13-6-5-11(19(20)21)9-12(13)16/h4-9,17H,1-3H3. The van der Waals surface area contributed by atoms with Crippen LogP contribution in [0.3, 0.4) is 0 Å². The highest BCUT2D eigenvalue weighted by Crippen LogP contribution is 2.33. The van der Waals surface area contributed by atoms with Crippen molar-refractivity contribution in [2.24, 2.45) is 0 Å². The van der Waals surface area contributed by atoms with Gasteiger partial charge in [0.25, 0.3) is 5.69 Å². The molecule has 0 aliphatic rings. The maximum atomic E-state index is 12.4. The van der Waals surface area contributed by atoms with Gasteiger partial charge in [0.2, 0.25) is 10.0 Å². The zero-order valence-corrected chi connectivity index (χ0v) is 15.3. The molecule has 0 amide bonds. The number of nitro groups is 1. The van der Waals surface area contributed by atoms with Gasteiger partial charge in [-0.15, -0.1) is 0 Å². The zero-order chi connectivity index (χ0) is 18.8. The molecule has 25 heavy (non-hydrogen) atoms. The fourth-order valence-electron chi connectivity index (χ4n) is 2.03. The van der Waals surface area contributed by atoms with Gasteiger partial charge < -0.3 is 10.1 Å². The average Bonchev–Trinajstić information content (AvgIpc) is 2.56. The van der Waals surface area contributed by atoms with Crippen molar-refractivity contribution >= 4 is 38.7 Å². The Morgan fingerprint density at radius 1 is 1.20 bits per heavy atom. The van der Waals surface area contributed by atoms with Crippen molar-refractivity contribution in [3.05, 3.63) is 51.5 Å². The molecule has 8 nitrogen and oxygen atoms in total. The first-order valence-corrected chi connectivity index (χ1v) is 8.80. The van der Waals surface area contributed by atoms with E-state index < -0.39 is 14.9 Å². The lowest BCUT2D eigenvalue weighted by Crippen LogP contribution is -2.22. The molecule has 0 unspecified atom stereocenters. The Hall–Kier alpha value is -2.36. The summed E-state index contributed by atoms with van der Waals surface area (Å²) in [7, 11) is 0.500. The molecule has 0 radical (unpaired) electrons. The predicted molar refractivity (Wildman–Crippen MR) is 95.3 cm³/mol. The van der Waals surface area contributed by atoms with E-state index in [0.29, 0.717) is 11.4 Å². The minimum atomic E-state index is -3.72. The van der Waals surface area contributed by atoms with Gasteiger partial charge in [0.1, 0.15) is 10.6 Å². The number of anilines is 2. The third-order valence-electron chi connectivity index (χ3n) is 3.36. The normalized spacial score (nSPS) is 11.4. The Morgan fingerprint density at radius 3 is 2.40 bits per heavy atom.